The standard InChI is InChI=1S/C14H15BrFN3OS/c1-19(6-9-4-13(15)21-8-9)7-14(20)18-12-5-10(17)2-3-11(12)16/h2-5,8H,6-7,17H2,1H3,(H,18,20). The van der Waals surface area contributed by atoms with Crippen molar-refractivity contribution >= 4 is 44.5 Å². The summed E-state index contributed by atoms with van der Waals surface area (Å²) in [5.41, 5.74) is 7.21. The van der Waals surface area contributed by atoms with Crippen LogP contribution in [0.3, 0.4) is 0 Å². The fraction of sp³-hybridized carbons (Fsp3) is 0.214. The van der Waals surface area contributed by atoms with Gasteiger partial charge in [0.1, 0.15) is 5.82 Å². The fourth-order valence-electron chi connectivity index (χ4n) is 1.87. The van der Waals surface area contributed by atoms with Crippen LogP contribution in [0.25, 0.3) is 0 Å². The average molecular weight is 372 g/mol. The molecule has 21 heavy (non-hydrogen) atoms. The smallest absolute Gasteiger partial charge is 0.238 e. The number of amides is 1. The molecule has 1 amide bonds. The average Bonchev–Trinajstić information content (AvgIpc) is 2.79. The Hall–Kier alpha value is -1.44. The maximum absolute atomic E-state index is 13.5. The number of hydrogen-bond acceptors (Lipinski definition) is 4. The molecule has 0 bridgehead atoms. The number of nitrogens with two attached hydrogens (primary N) is 1. The van der Waals surface area contributed by atoms with Crippen LogP contribution in [-0.2, 0) is 11.3 Å². The molecule has 0 saturated carbocycles. The molecule has 0 aliphatic heterocycles. The zero-order valence-electron chi connectivity index (χ0n) is 11.4. The quantitative estimate of drug-likeness (QED) is 0.792. The summed E-state index contributed by atoms with van der Waals surface area (Å²) in [6.07, 6.45) is 0. The van der Waals surface area contributed by atoms with Gasteiger partial charge in [0.2, 0.25) is 5.91 Å². The molecule has 1 heterocycles. The molecular formula is C14H15BrFN3OS. The molecule has 7 heteroatoms. The van der Waals surface area contributed by atoms with Gasteiger partial charge in [-0.15, -0.1) is 11.3 Å². The molecule has 1 aromatic carbocycles. The first kappa shape index (κ1) is 15.9. The number of nitrogens with zero attached hydrogens (tertiary/aromatic N) is 1. The van der Waals surface area contributed by atoms with Gasteiger partial charge in [-0.25, -0.2) is 4.39 Å². The van der Waals surface area contributed by atoms with E-state index in [4.69, 9.17) is 5.73 Å². The van der Waals surface area contributed by atoms with E-state index in [9.17, 15) is 9.18 Å². The topological polar surface area (TPSA) is 58.4 Å². The van der Waals surface area contributed by atoms with Crippen LogP contribution in [0.4, 0.5) is 15.8 Å². The second-order valence-corrected chi connectivity index (χ2v) is 7.01. The Morgan fingerprint density at radius 1 is 1.48 bits per heavy atom. The third-order valence-electron chi connectivity index (χ3n) is 2.75. The van der Waals surface area contributed by atoms with Crippen LogP contribution in [0, 0.1) is 5.82 Å². The van der Waals surface area contributed by atoms with Gasteiger partial charge in [0.05, 0.1) is 16.0 Å². The summed E-state index contributed by atoms with van der Waals surface area (Å²) in [4.78, 5) is 13.8. The SMILES string of the molecule is CN(CC(=O)Nc1cc(N)ccc1F)Cc1csc(Br)c1. The Labute approximate surface area is 134 Å². The van der Waals surface area contributed by atoms with Crippen molar-refractivity contribution in [3.63, 3.8) is 0 Å². The van der Waals surface area contributed by atoms with Gasteiger partial charge >= 0.3 is 0 Å². The zero-order valence-corrected chi connectivity index (χ0v) is 13.8. The van der Waals surface area contributed by atoms with Gasteiger partial charge in [0, 0.05) is 12.2 Å². The van der Waals surface area contributed by atoms with E-state index in [0.717, 1.165) is 9.35 Å². The van der Waals surface area contributed by atoms with E-state index in [-0.39, 0.29) is 18.1 Å². The van der Waals surface area contributed by atoms with Crippen LogP contribution in [-0.4, -0.2) is 24.4 Å². The van der Waals surface area contributed by atoms with Gasteiger partial charge in [-0.3, -0.25) is 9.69 Å². The molecule has 0 aliphatic rings. The summed E-state index contributed by atoms with van der Waals surface area (Å²) in [7, 11) is 1.83. The number of anilines is 2. The molecule has 0 saturated heterocycles. The fourth-order valence-corrected chi connectivity index (χ4v) is 3.07. The summed E-state index contributed by atoms with van der Waals surface area (Å²) < 4.78 is 14.6. The van der Waals surface area contributed by atoms with Crippen LogP contribution in [0.1, 0.15) is 5.56 Å². The Morgan fingerprint density at radius 3 is 2.90 bits per heavy atom. The third kappa shape index (κ3) is 4.80. The highest BCUT2D eigenvalue weighted by molar-refractivity contribution is 9.11. The molecule has 0 spiro atoms. The van der Waals surface area contributed by atoms with E-state index in [1.54, 1.807) is 11.3 Å². The monoisotopic (exact) mass is 371 g/mol. The lowest BCUT2D eigenvalue weighted by Crippen LogP contribution is -2.30. The highest BCUT2D eigenvalue weighted by Crippen LogP contribution is 2.21. The maximum atomic E-state index is 13.5. The van der Waals surface area contributed by atoms with Gasteiger partial charge in [0.25, 0.3) is 0 Å². The Kier molecular flexibility index (Phi) is 5.33. The second-order valence-electron chi connectivity index (χ2n) is 4.72. The number of rotatable bonds is 5. The summed E-state index contributed by atoms with van der Waals surface area (Å²) in [5, 5.41) is 4.55. The molecule has 0 unspecified atom stereocenters. The number of carbonyl (C=O) groups excluding carboxylic acids is 1. The predicted molar refractivity (Wildman–Crippen MR) is 87.8 cm³/mol. The Bertz CT molecular complexity index is 647. The second kappa shape index (κ2) is 7.02. The molecule has 4 nitrogen and oxygen atoms in total. The van der Waals surface area contributed by atoms with Crippen LogP contribution >= 0.6 is 27.3 Å². The van der Waals surface area contributed by atoms with Gasteiger partial charge in [-0.05, 0) is 58.2 Å². The minimum atomic E-state index is -0.498. The molecule has 0 aliphatic carbocycles. The predicted octanol–water partition coefficient (Wildman–Crippen LogP) is 3.30. The van der Waals surface area contributed by atoms with E-state index in [1.807, 2.05) is 23.4 Å². The maximum Gasteiger partial charge on any atom is 0.238 e. The highest BCUT2D eigenvalue weighted by atomic mass is 79.9. The van der Waals surface area contributed by atoms with Gasteiger partial charge < -0.3 is 11.1 Å². The number of benzene rings is 1. The molecule has 0 radical (unpaired) electrons. The summed E-state index contributed by atoms with van der Waals surface area (Å²) in [6, 6.07) is 6.10. The molecular weight excluding hydrogens is 357 g/mol. The van der Waals surface area contributed by atoms with Crippen molar-refractivity contribution in [3.8, 4) is 0 Å². The molecule has 3 N–H and O–H groups in total. The largest absolute Gasteiger partial charge is 0.399 e. The van der Waals surface area contributed by atoms with Crippen molar-refractivity contribution in [3.05, 3.63) is 44.8 Å². The van der Waals surface area contributed by atoms with Crippen molar-refractivity contribution in [1.29, 1.82) is 0 Å². The van der Waals surface area contributed by atoms with Crippen molar-refractivity contribution in [2.24, 2.45) is 0 Å². The molecule has 1 aromatic heterocycles. The molecule has 2 aromatic rings. The number of halogens is 2. The van der Waals surface area contributed by atoms with Crippen LogP contribution in [0.2, 0.25) is 0 Å². The summed E-state index contributed by atoms with van der Waals surface area (Å²) in [5.74, 6) is -0.779. The Balaban J connectivity index is 1.90. The summed E-state index contributed by atoms with van der Waals surface area (Å²) in [6.45, 7) is 0.816. The first-order chi connectivity index (χ1) is 9.94. The molecule has 0 fully saturated rings. The van der Waals surface area contributed by atoms with E-state index >= 15 is 0 Å². The highest BCUT2D eigenvalue weighted by Gasteiger charge is 2.11. The minimum absolute atomic E-state index is 0.103. The number of carbonyl (C=O) groups is 1. The minimum Gasteiger partial charge on any atom is -0.399 e. The first-order valence-corrected chi connectivity index (χ1v) is 7.87. The van der Waals surface area contributed by atoms with Crippen LogP contribution in [0.5, 0.6) is 0 Å². The number of hydrogen-bond donors (Lipinski definition) is 2. The molecule has 0 atom stereocenters. The van der Waals surface area contributed by atoms with Crippen LogP contribution < -0.4 is 11.1 Å². The lowest BCUT2D eigenvalue weighted by atomic mass is 10.2. The lowest BCUT2D eigenvalue weighted by molar-refractivity contribution is -0.117. The van der Waals surface area contributed by atoms with E-state index < -0.39 is 5.82 Å². The van der Waals surface area contributed by atoms with Crippen molar-refractivity contribution in [2.75, 3.05) is 24.6 Å². The molecule has 112 valence electrons. The van der Waals surface area contributed by atoms with E-state index in [2.05, 4.69) is 21.2 Å². The zero-order chi connectivity index (χ0) is 15.4. The normalized spacial score (nSPS) is 10.9. The van der Waals surface area contributed by atoms with Gasteiger partial charge in [-0.2, -0.15) is 0 Å². The van der Waals surface area contributed by atoms with Crippen molar-refractivity contribution in [2.45, 2.75) is 6.54 Å². The summed E-state index contributed by atoms with van der Waals surface area (Å²) >= 11 is 5.00. The van der Waals surface area contributed by atoms with Crippen molar-refractivity contribution in [1.82, 2.24) is 4.90 Å². The number of likely N-dealkylation sites (N-methyl/N-ethyl adjacent to an activating group) is 1. The number of nitrogen functional groups attached to an aromatic ring is 1. The first-order valence-electron chi connectivity index (χ1n) is 6.20. The van der Waals surface area contributed by atoms with Gasteiger partial charge in [0.15, 0.2) is 0 Å². The molecule has 2 rings (SSSR count). The van der Waals surface area contributed by atoms with E-state index in [1.165, 1.54) is 18.2 Å². The van der Waals surface area contributed by atoms with Gasteiger partial charge in [-0.1, -0.05) is 0 Å². The Morgan fingerprint density at radius 2 is 2.24 bits per heavy atom. The third-order valence-corrected chi connectivity index (χ3v) is 4.31. The lowest BCUT2D eigenvalue weighted by Gasteiger charge is -2.15. The van der Waals surface area contributed by atoms with Crippen molar-refractivity contribution < 1.29 is 9.18 Å². The van der Waals surface area contributed by atoms with Crippen LogP contribution in [0.15, 0.2) is 33.4 Å². The number of thiophene rings is 1. The van der Waals surface area contributed by atoms with E-state index in [0.29, 0.717) is 12.2 Å². The number of nitrogens with one attached hydrogen (secondary N) is 1.